The largest absolute Gasteiger partial charge is 0.301 e. The molecule has 0 amide bonds. The van der Waals surface area contributed by atoms with Crippen LogP contribution in [0.25, 0.3) is 27.6 Å². The van der Waals surface area contributed by atoms with Gasteiger partial charge in [0.15, 0.2) is 5.65 Å². The summed E-state index contributed by atoms with van der Waals surface area (Å²) in [4.78, 5) is 13.0. The first-order valence-electron chi connectivity index (χ1n) is 9.57. The van der Waals surface area contributed by atoms with Gasteiger partial charge in [-0.15, -0.1) is 11.3 Å². The second kappa shape index (κ2) is 6.49. The highest BCUT2D eigenvalue weighted by Crippen LogP contribution is 2.39. The normalized spacial score (nSPS) is 14.9. The third-order valence-corrected chi connectivity index (χ3v) is 6.45. The van der Waals surface area contributed by atoms with Gasteiger partial charge in [0, 0.05) is 41.7 Å². The predicted molar refractivity (Wildman–Crippen MR) is 111 cm³/mol. The van der Waals surface area contributed by atoms with E-state index < -0.39 is 0 Å². The summed E-state index contributed by atoms with van der Waals surface area (Å²) in [6.45, 7) is 8.52. The van der Waals surface area contributed by atoms with Crippen LogP contribution in [0.2, 0.25) is 0 Å². The molecular weight excluding hydrogens is 370 g/mol. The summed E-state index contributed by atoms with van der Waals surface area (Å²) in [6, 6.07) is 2.14. The van der Waals surface area contributed by atoms with Crippen molar-refractivity contribution in [2.24, 2.45) is 0 Å². The fraction of sp³-hybridized carbons (Fsp3) is 0.400. The Hall–Kier alpha value is -2.58. The number of aromatic amines is 1. The van der Waals surface area contributed by atoms with Crippen molar-refractivity contribution in [1.82, 2.24) is 34.7 Å². The Labute approximate surface area is 167 Å². The molecule has 8 heteroatoms. The number of fused-ring (bicyclic) bond motifs is 2. The van der Waals surface area contributed by atoms with E-state index in [0.717, 1.165) is 52.7 Å². The van der Waals surface area contributed by atoms with Gasteiger partial charge in [0.25, 0.3) is 0 Å². The number of hydrogen-bond acceptors (Lipinski definition) is 6. The molecule has 0 fully saturated rings. The summed E-state index contributed by atoms with van der Waals surface area (Å²) >= 11 is 1.79. The minimum Gasteiger partial charge on any atom is -0.301 e. The molecule has 0 radical (unpaired) electrons. The standard InChI is InChI=1S/C20H23N7S/c1-11(2)16-17(13-7-12(3)19-21-10-22-27(19)8-13)24-25-18(16)20-23-14-5-6-26(4)9-15(14)28-20/h7-8,10-11H,5-6,9H2,1-4H3,(H,24,25). The van der Waals surface area contributed by atoms with Crippen LogP contribution in [-0.2, 0) is 13.0 Å². The number of aryl methyl sites for hydroxylation is 1. The Balaban J connectivity index is 1.64. The van der Waals surface area contributed by atoms with E-state index in [4.69, 9.17) is 10.1 Å². The number of H-pyrrole nitrogens is 1. The Kier molecular flexibility index (Phi) is 4.06. The van der Waals surface area contributed by atoms with E-state index in [1.807, 2.05) is 10.7 Å². The molecule has 0 spiro atoms. The molecule has 0 aromatic carbocycles. The first-order valence-corrected chi connectivity index (χ1v) is 10.4. The maximum Gasteiger partial charge on any atom is 0.158 e. The topological polar surface area (TPSA) is 75.0 Å². The molecule has 5 heterocycles. The van der Waals surface area contributed by atoms with Crippen molar-refractivity contribution in [3.8, 4) is 22.0 Å². The zero-order chi connectivity index (χ0) is 19.4. The Bertz CT molecular complexity index is 1170. The highest BCUT2D eigenvalue weighted by Gasteiger charge is 2.25. The van der Waals surface area contributed by atoms with Crippen LogP contribution in [0.3, 0.4) is 0 Å². The van der Waals surface area contributed by atoms with E-state index in [2.05, 4.69) is 54.0 Å². The highest BCUT2D eigenvalue weighted by atomic mass is 32.1. The number of aromatic nitrogens is 6. The molecular formula is C20H23N7S. The Morgan fingerprint density at radius 1 is 1.29 bits per heavy atom. The van der Waals surface area contributed by atoms with Crippen molar-refractivity contribution in [2.45, 2.75) is 39.7 Å². The van der Waals surface area contributed by atoms with Gasteiger partial charge in [-0.1, -0.05) is 13.8 Å². The number of hydrogen-bond donors (Lipinski definition) is 1. The van der Waals surface area contributed by atoms with Crippen molar-refractivity contribution in [2.75, 3.05) is 13.6 Å². The van der Waals surface area contributed by atoms with Gasteiger partial charge in [0.05, 0.1) is 17.1 Å². The van der Waals surface area contributed by atoms with Gasteiger partial charge in [-0.05, 0) is 31.5 Å². The van der Waals surface area contributed by atoms with Crippen molar-refractivity contribution >= 4 is 17.0 Å². The molecule has 7 nitrogen and oxygen atoms in total. The third-order valence-electron chi connectivity index (χ3n) is 5.35. The Morgan fingerprint density at radius 2 is 2.14 bits per heavy atom. The fourth-order valence-corrected chi connectivity index (χ4v) is 5.15. The molecule has 1 aliphatic heterocycles. The molecule has 1 aliphatic rings. The molecule has 144 valence electrons. The van der Waals surface area contributed by atoms with E-state index in [1.165, 1.54) is 16.1 Å². The molecule has 0 bridgehead atoms. The number of pyridine rings is 1. The van der Waals surface area contributed by atoms with Crippen molar-refractivity contribution in [3.05, 3.63) is 40.3 Å². The molecule has 1 N–H and O–H groups in total. The first kappa shape index (κ1) is 17.5. The zero-order valence-electron chi connectivity index (χ0n) is 16.5. The number of rotatable bonds is 3. The minimum absolute atomic E-state index is 0.319. The van der Waals surface area contributed by atoms with E-state index in [-0.39, 0.29) is 0 Å². The molecule has 0 atom stereocenters. The second-order valence-electron chi connectivity index (χ2n) is 7.83. The van der Waals surface area contributed by atoms with Gasteiger partial charge in [-0.2, -0.15) is 10.2 Å². The van der Waals surface area contributed by atoms with E-state index >= 15 is 0 Å². The number of nitrogens with one attached hydrogen (secondary N) is 1. The lowest BCUT2D eigenvalue weighted by atomic mass is 9.97. The maximum absolute atomic E-state index is 4.96. The SMILES string of the molecule is Cc1cc(-c2n[nH]c(-c3nc4c(s3)CN(C)CC4)c2C(C)C)cn2ncnc12. The summed E-state index contributed by atoms with van der Waals surface area (Å²) in [7, 11) is 2.17. The fourth-order valence-electron chi connectivity index (χ4n) is 3.95. The first-order chi connectivity index (χ1) is 13.5. The van der Waals surface area contributed by atoms with Crippen LogP contribution in [0.5, 0.6) is 0 Å². The summed E-state index contributed by atoms with van der Waals surface area (Å²) in [6.07, 6.45) is 4.61. The second-order valence-corrected chi connectivity index (χ2v) is 8.92. The lowest BCUT2D eigenvalue weighted by Gasteiger charge is -2.20. The van der Waals surface area contributed by atoms with Gasteiger partial charge in [-0.3, -0.25) is 5.10 Å². The van der Waals surface area contributed by atoms with Gasteiger partial charge in [-0.25, -0.2) is 14.5 Å². The van der Waals surface area contributed by atoms with Crippen molar-refractivity contribution in [3.63, 3.8) is 0 Å². The number of thiazole rings is 1. The van der Waals surface area contributed by atoms with E-state index in [1.54, 1.807) is 17.7 Å². The lowest BCUT2D eigenvalue weighted by molar-refractivity contribution is 0.314. The van der Waals surface area contributed by atoms with Gasteiger partial charge >= 0.3 is 0 Å². The Morgan fingerprint density at radius 3 is 2.96 bits per heavy atom. The van der Waals surface area contributed by atoms with Crippen LogP contribution in [-0.4, -0.2) is 48.3 Å². The molecule has 4 aromatic heterocycles. The third kappa shape index (κ3) is 2.75. The smallest absolute Gasteiger partial charge is 0.158 e. The van der Waals surface area contributed by atoms with Gasteiger partial charge < -0.3 is 4.90 Å². The zero-order valence-corrected chi connectivity index (χ0v) is 17.3. The van der Waals surface area contributed by atoms with Crippen LogP contribution in [0.4, 0.5) is 0 Å². The molecule has 0 saturated carbocycles. The van der Waals surface area contributed by atoms with Crippen molar-refractivity contribution in [1.29, 1.82) is 0 Å². The molecule has 0 saturated heterocycles. The molecule has 5 rings (SSSR count). The van der Waals surface area contributed by atoms with Gasteiger partial charge in [0.1, 0.15) is 11.3 Å². The minimum atomic E-state index is 0.319. The van der Waals surface area contributed by atoms with Crippen LogP contribution < -0.4 is 0 Å². The predicted octanol–water partition coefficient (Wildman–Crippen LogP) is 3.66. The average molecular weight is 394 g/mol. The quantitative estimate of drug-likeness (QED) is 0.575. The highest BCUT2D eigenvalue weighted by molar-refractivity contribution is 7.15. The monoisotopic (exact) mass is 393 g/mol. The van der Waals surface area contributed by atoms with Crippen LogP contribution in [0.15, 0.2) is 18.6 Å². The maximum atomic E-state index is 4.96. The van der Waals surface area contributed by atoms with E-state index in [0.29, 0.717) is 5.92 Å². The molecule has 4 aromatic rings. The van der Waals surface area contributed by atoms with Crippen molar-refractivity contribution < 1.29 is 0 Å². The summed E-state index contributed by atoms with van der Waals surface area (Å²) < 4.78 is 1.82. The summed E-state index contributed by atoms with van der Waals surface area (Å²) in [5.41, 5.74) is 7.47. The van der Waals surface area contributed by atoms with Crippen LogP contribution >= 0.6 is 11.3 Å². The molecule has 28 heavy (non-hydrogen) atoms. The van der Waals surface area contributed by atoms with Gasteiger partial charge in [0.2, 0.25) is 0 Å². The molecule has 0 unspecified atom stereocenters. The summed E-state index contributed by atoms with van der Waals surface area (Å²) in [5, 5.41) is 13.4. The van der Waals surface area contributed by atoms with E-state index in [9.17, 15) is 0 Å². The molecule has 0 aliphatic carbocycles. The average Bonchev–Trinajstić information content (AvgIpc) is 3.37. The lowest BCUT2D eigenvalue weighted by Crippen LogP contribution is -2.25. The number of nitrogens with zero attached hydrogens (tertiary/aromatic N) is 6. The van der Waals surface area contributed by atoms with Crippen LogP contribution in [0, 0.1) is 6.92 Å². The number of likely N-dealkylation sites (N-methyl/N-ethyl adjacent to an activating group) is 1. The summed E-state index contributed by atoms with van der Waals surface area (Å²) in [5.74, 6) is 0.319. The van der Waals surface area contributed by atoms with Crippen LogP contribution in [0.1, 0.15) is 41.5 Å².